The van der Waals surface area contributed by atoms with Gasteiger partial charge in [0.15, 0.2) is 10.9 Å². The van der Waals surface area contributed by atoms with Gasteiger partial charge in [0, 0.05) is 41.6 Å². The van der Waals surface area contributed by atoms with Crippen LogP contribution in [0.4, 0.5) is 11.6 Å². The van der Waals surface area contributed by atoms with Crippen LogP contribution in [0.5, 0.6) is 0 Å². The van der Waals surface area contributed by atoms with Crippen molar-refractivity contribution in [2.24, 2.45) is 5.41 Å². The molecule has 0 saturated heterocycles. The molecule has 2 aromatic rings. The number of ketones is 1. The lowest BCUT2D eigenvalue weighted by molar-refractivity contribution is -0.118. The van der Waals surface area contributed by atoms with Gasteiger partial charge in [-0.15, -0.1) is 0 Å². The number of anilines is 2. The molecule has 1 aliphatic heterocycles. The predicted molar refractivity (Wildman–Crippen MR) is 103 cm³/mol. The molecule has 26 heavy (non-hydrogen) atoms. The van der Waals surface area contributed by atoms with Gasteiger partial charge in [-0.25, -0.2) is 9.97 Å². The Labute approximate surface area is 156 Å². The van der Waals surface area contributed by atoms with Crippen molar-refractivity contribution < 1.29 is 4.79 Å². The molecule has 4 rings (SSSR count). The average Bonchev–Trinajstić information content (AvgIpc) is 2.59. The van der Waals surface area contributed by atoms with Gasteiger partial charge < -0.3 is 11.1 Å². The predicted octanol–water partition coefficient (Wildman–Crippen LogP) is 3.38. The van der Waals surface area contributed by atoms with Crippen molar-refractivity contribution in [1.29, 1.82) is 0 Å². The lowest BCUT2D eigenvalue weighted by atomic mass is 9.69. The number of hydrogen-bond donors (Lipinski definition) is 2. The zero-order valence-electron chi connectivity index (χ0n) is 15.0. The van der Waals surface area contributed by atoms with Crippen LogP contribution in [-0.4, -0.2) is 27.0 Å². The molecule has 0 amide bonds. The summed E-state index contributed by atoms with van der Waals surface area (Å²) in [4.78, 5) is 26.2. The Hall–Kier alpha value is -2.41. The summed E-state index contributed by atoms with van der Waals surface area (Å²) in [6.07, 6.45) is 6.72. The van der Waals surface area contributed by atoms with Crippen LogP contribution in [0, 0.1) is 5.41 Å². The lowest BCUT2D eigenvalue weighted by Gasteiger charge is -2.39. The van der Waals surface area contributed by atoms with E-state index < -0.39 is 0 Å². The second kappa shape index (κ2) is 6.09. The molecule has 6 nitrogen and oxygen atoms in total. The van der Waals surface area contributed by atoms with Crippen LogP contribution in [0.2, 0.25) is 0 Å². The van der Waals surface area contributed by atoms with E-state index in [1.807, 2.05) is 18.4 Å². The molecule has 3 N–H and O–H groups in total. The normalized spacial score (nSPS) is 21.0. The van der Waals surface area contributed by atoms with E-state index in [0.29, 0.717) is 23.2 Å². The smallest absolute Gasteiger partial charge is 0.191 e. The number of fused-ring (bicyclic) bond motifs is 1. The molecule has 0 bridgehead atoms. The average molecular weight is 367 g/mol. The molecule has 7 heteroatoms. The van der Waals surface area contributed by atoms with Gasteiger partial charge >= 0.3 is 0 Å². The number of carbonyl (C=O) groups is 1. The molecule has 0 spiro atoms. The van der Waals surface area contributed by atoms with Gasteiger partial charge in [-0.3, -0.25) is 9.78 Å². The molecule has 0 fully saturated rings. The second-order valence-corrected chi connectivity index (χ2v) is 8.30. The van der Waals surface area contributed by atoms with E-state index in [1.54, 1.807) is 12.4 Å². The monoisotopic (exact) mass is 367 g/mol. The molecule has 0 radical (unpaired) electrons. The van der Waals surface area contributed by atoms with Crippen LogP contribution in [0.15, 0.2) is 41.0 Å². The minimum absolute atomic E-state index is 0.0792. The van der Waals surface area contributed by atoms with Crippen LogP contribution in [-0.2, 0) is 4.79 Å². The van der Waals surface area contributed by atoms with Crippen molar-refractivity contribution in [3.8, 4) is 0 Å². The minimum atomic E-state index is -0.260. The highest BCUT2D eigenvalue weighted by Gasteiger charge is 2.42. The molecule has 2 aromatic heterocycles. The van der Waals surface area contributed by atoms with Crippen molar-refractivity contribution in [2.45, 2.75) is 37.8 Å². The Balaban J connectivity index is 1.97. The number of nitrogens with one attached hydrogen (secondary N) is 1. The van der Waals surface area contributed by atoms with Crippen LogP contribution in [0.25, 0.3) is 0 Å². The largest absolute Gasteiger partial charge is 0.383 e. The third-order valence-corrected chi connectivity index (χ3v) is 5.49. The summed E-state index contributed by atoms with van der Waals surface area (Å²) in [6, 6.07) is 3.86. The van der Waals surface area contributed by atoms with Gasteiger partial charge in [0.1, 0.15) is 11.6 Å². The van der Waals surface area contributed by atoms with E-state index in [4.69, 9.17) is 5.73 Å². The van der Waals surface area contributed by atoms with E-state index in [9.17, 15) is 4.79 Å². The summed E-state index contributed by atoms with van der Waals surface area (Å²) in [5.41, 5.74) is 9.73. The molecule has 2 aliphatic rings. The zero-order valence-corrected chi connectivity index (χ0v) is 15.9. The summed E-state index contributed by atoms with van der Waals surface area (Å²) in [6.45, 7) is 4.24. The SMILES string of the molecule is CSc1nc(N)c2c(n1)NC1=C(C(=O)CC(C)(C)C1)[C@H]2c1ccncc1. The maximum absolute atomic E-state index is 13.1. The summed E-state index contributed by atoms with van der Waals surface area (Å²) in [5, 5.41) is 4.02. The maximum Gasteiger partial charge on any atom is 0.191 e. The van der Waals surface area contributed by atoms with E-state index in [2.05, 4.69) is 34.1 Å². The number of aromatic nitrogens is 3. The standard InChI is InChI=1S/C19H21N5OS/c1-19(2)8-11-14(12(25)9-19)13(10-4-6-21-7-5-10)15-16(20)23-18(26-3)24-17(15)22-11/h4-7,13H,8-9H2,1-3H3,(H3,20,22,23,24)/t13-/m1/s1. The molecule has 134 valence electrons. The van der Waals surface area contributed by atoms with E-state index in [0.717, 1.165) is 28.8 Å². The van der Waals surface area contributed by atoms with Crippen molar-refractivity contribution in [1.82, 2.24) is 15.0 Å². The van der Waals surface area contributed by atoms with E-state index in [-0.39, 0.29) is 17.1 Å². The van der Waals surface area contributed by atoms with Crippen molar-refractivity contribution in [2.75, 3.05) is 17.3 Å². The Bertz CT molecular complexity index is 923. The Kier molecular flexibility index (Phi) is 3.99. The number of nitrogens with zero attached hydrogens (tertiary/aromatic N) is 3. The summed E-state index contributed by atoms with van der Waals surface area (Å²) < 4.78 is 0. The number of hydrogen-bond acceptors (Lipinski definition) is 7. The fourth-order valence-corrected chi connectivity index (χ4v) is 4.27. The maximum atomic E-state index is 13.1. The molecule has 0 unspecified atom stereocenters. The topological polar surface area (TPSA) is 93.8 Å². The number of pyridine rings is 1. The Morgan fingerprint density at radius 1 is 1.23 bits per heavy atom. The van der Waals surface area contributed by atoms with Gasteiger partial charge in [0.2, 0.25) is 0 Å². The van der Waals surface area contributed by atoms with Crippen molar-refractivity contribution >= 4 is 29.2 Å². The minimum Gasteiger partial charge on any atom is -0.383 e. The number of nitrogen functional groups attached to an aromatic ring is 1. The highest BCUT2D eigenvalue weighted by atomic mass is 32.2. The first-order valence-electron chi connectivity index (χ1n) is 8.54. The first-order valence-corrected chi connectivity index (χ1v) is 9.76. The number of thioether (sulfide) groups is 1. The quantitative estimate of drug-likeness (QED) is 0.621. The Morgan fingerprint density at radius 2 is 1.96 bits per heavy atom. The molecule has 3 heterocycles. The molecule has 0 aromatic carbocycles. The fourth-order valence-electron chi connectivity index (χ4n) is 3.89. The molecular formula is C19H21N5OS. The van der Waals surface area contributed by atoms with Gasteiger partial charge in [0.05, 0.1) is 0 Å². The zero-order chi connectivity index (χ0) is 18.5. The first-order chi connectivity index (χ1) is 12.4. The van der Waals surface area contributed by atoms with Crippen molar-refractivity contribution in [3.05, 3.63) is 46.9 Å². The Morgan fingerprint density at radius 3 is 2.65 bits per heavy atom. The van der Waals surface area contributed by atoms with Gasteiger partial charge in [-0.2, -0.15) is 0 Å². The van der Waals surface area contributed by atoms with Crippen LogP contribution < -0.4 is 11.1 Å². The van der Waals surface area contributed by atoms with Crippen molar-refractivity contribution in [3.63, 3.8) is 0 Å². The second-order valence-electron chi connectivity index (χ2n) is 7.53. The number of rotatable bonds is 2. The van der Waals surface area contributed by atoms with E-state index in [1.165, 1.54) is 11.8 Å². The lowest BCUT2D eigenvalue weighted by Crippen LogP contribution is -2.34. The molecule has 1 aliphatic carbocycles. The summed E-state index contributed by atoms with van der Waals surface area (Å²) in [5.74, 6) is 1.01. The number of allylic oxidation sites excluding steroid dienone is 2. The van der Waals surface area contributed by atoms with Gasteiger partial charge in [-0.05, 0) is 35.8 Å². The molecular weight excluding hydrogens is 346 g/mol. The van der Waals surface area contributed by atoms with Crippen LogP contribution in [0.1, 0.15) is 43.7 Å². The third-order valence-electron chi connectivity index (χ3n) is 4.94. The van der Waals surface area contributed by atoms with Crippen LogP contribution in [0.3, 0.4) is 0 Å². The first kappa shape index (κ1) is 17.0. The van der Waals surface area contributed by atoms with Gasteiger partial charge in [-0.1, -0.05) is 25.6 Å². The fraction of sp³-hybridized carbons (Fsp3) is 0.368. The number of nitrogens with two attached hydrogens (primary N) is 1. The molecule has 1 atom stereocenters. The highest BCUT2D eigenvalue weighted by Crippen LogP contribution is 2.49. The number of carbonyl (C=O) groups excluding carboxylic acids is 1. The highest BCUT2D eigenvalue weighted by molar-refractivity contribution is 7.98. The molecule has 0 saturated carbocycles. The number of Topliss-reactive ketones (excluding diaryl/α,β-unsaturated/α-hetero) is 1. The van der Waals surface area contributed by atoms with E-state index >= 15 is 0 Å². The third kappa shape index (κ3) is 2.76. The summed E-state index contributed by atoms with van der Waals surface area (Å²) >= 11 is 1.45. The summed E-state index contributed by atoms with van der Waals surface area (Å²) in [7, 11) is 0. The van der Waals surface area contributed by atoms with Crippen LogP contribution >= 0.6 is 11.8 Å². The van der Waals surface area contributed by atoms with Gasteiger partial charge in [0.25, 0.3) is 0 Å².